The van der Waals surface area contributed by atoms with Gasteiger partial charge in [0.2, 0.25) is 5.76 Å². The molecule has 0 bridgehead atoms. The number of fused-ring (bicyclic) bond motifs is 1. The minimum Gasteiger partial charge on any atom is -0.475 e. The van der Waals surface area contributed by atoms with Crippen molar-refractivity contribution in [3.05, 3.63) is 28.6 Å². The van der Waals surface area contributed by atoms with Gasteiger partial charge in [0.05, 0.1) is 22.9 Å². The first-order valence-electron chi connectivity index (χ1n) is 4.99. The number of nitrogens with one attached hydrogen (secondary N) is 2. The van der Waals surface area contributed by atoms with Crippen LogP contribution in [-0.2, 0) is 0 Å². The van der Waals surface area contributed by atoms with Crippen molar-refractivity contribution in [3.63, 3.8) is 0 Å². The Hall–Kier alpha value is -2.02. The van der Waals surface area contributed by atoms with E-state index in [4.69, 9.17) is 9.52 Å². The number of rotatable bonds is 2. The van der Waals surface area contributed by atoms with Crippen LogP contribution < -0.4 is 10.6 Å². The van der Waals surface area contributed by atoms with E-state index in [9.17, 15) is 4.79 Å². The Morgan fingerprint density at radius 2 is 2.53 bits per heavy atom. The molecule has 0 spiro atoms. The van der Waals surface area contributed by atoms with Crippen LogP contribution in [0.5, 0.6) is 0 Å². The number of hydrogen-bond acceptors (Lipinski definition) is 6. The van der Waals surface area contributed by atoms with Gasteiger partial charge in [-0.2, -0.15) is 0 Å². The molecular weight excluding hydrogens is 242 g/mol. The maximum atomic E-state index is 10.9. The molecule has 1 aliphatic heterocycles. The molecule has 2 aromatic rings. The molecule has 1 unspecified atom stereocenters. The number of nitrogens with zero attached hydrogens (tertiary/aromatic N) is 1. The highest BCUT2D eigenvalue weighted by molar-refractivity contribution is 7.07. The van der Waals surface area contributed by atoms with Gasteiger partial charge in [-0.05, 0) is 0 Å². The monoisotopic (exact) mass is 251 g/mol. The maximum absolute atomic E-state index is 10.9. The quantitative estimate of drug-likeness (QED) is 0.756. The number of furan rings is 1. The van der Waals surface area contributed by atoms with Crippen LogP contribution in [0.1, 0.15) is 22.3 Å². The molecule has 6 nitrogen and oxygen atoms in total. The second-order valence-corrected chi connectivity index (χ2v) is 4.37. The van der Waals surface area contributed by atoms with E-state index in [0.29, 0.717) is 17.9 Å². The second-order valence-electron chi connectivity index (χ2n) is 3.65. The molecule has 0 fully saturated rings. The molecular formula is C10H9N3O3S. The van der Waals surface area contributed by atoms with E-state index in [0.717, 1.165) is 5.69 Å². The fourth-order valence-corrected chi connectivity index (χ4v) is 2.42. The molecule has 0 amide bonds. The molecule has 1 atom stereocenters. The van der Waals surface area contributed by atoms with Crippen molar-refractivity contribution in [2.45, 2.75) is 6.04 Å². The Kier molecular flexibility index (Phi) is 2.25. The highest BCUT2D eigenvalue weighted by atomic mass is 32.1. The number of aromatic carboxylic acids is 1. The van der Waals surface area contributed by atoms with Crippen molar-refractivity contribution >= 4 is 28.7 Å². The molecule has 0 radical (unpaired) electrons. The van der Waals surface area contributed by atoms with Crippen LogP contribution in [0.2, 0.25) is 0 Å². The van der Waals surface area contributed by atoms with Crippen molar-refractivity contribution < 1.29 is 14.3 Å². The maximum Gasteiger partial charge on any atom is 0.374 e. The van der Waals surface area contributed by atoms with Crippen LogP contribution in [0.3, 0.4) is 0 Å². The molecule has 3 heterocycles. The van der Waals surface area contributed by atoms with E-state index < -0.39 is 5.97 Å². The number of carbonyl (C=O) groups is 1. The molecule has 7 heteroatoms. The van der Waals surface area contributed by atoms with Gasteiger partial charge in [-0.25, -0.2) is 9.78 Å². The highest BCUT2D eigenvalue weighted by Crippen LogP contribution is 2.35. The number of hydrogen-bond donors (Lipinski definition) is 3. The van der Waals surface area contributed by atoms with E-state index >= 15 is 0 Å². The van der Waals surface area contributed by atoms with Gasteiger partial charge >= 0.3 is 5.97 Å². The lowest BCUT2D eigenvalue weighted by molar-refractivity contribution is 0.0664. The van der Waals surface area contributed by atoms with E-state index in [1.54, 1.807) is 5.51 Å². The van der Waals surface area contributed by atoms with Crippen molar-refractivity contribution in [1.29, 1.82) is 0 Å². The van der Waals surface area contributed by atoms with Gasteiger partial charge in [0.25, 0.3) is 0 Å². The summed E-state index contributed by atoms with van der Waals surface area (Å²) < 4.78 is 5.00. The van der Waals surface area contributed by atoms with Gasteiger partial charge in [-0.1, -0.05) is 0 Å². The van der Waals surface area contributed by atoms with Crippen LogP contribution >= 0.6 is 11.3 Å². The minimum absolute atomic E-state index is 0.0352. The van der Waals surface area contributed by atoms with Gasteiger partial charge in [-0.3, -0.25) is 0 Å². The molecule has 0 aliphatic carbocycles. The summed E-state index contributed by atoms with van der Waals surface area (Å²) in [5, 5.41) is 17.1. The average molecular weight is 251 g/mol. The molecule has 1 aliphatic rings. The lowest BCUT2D eigenvalue weighted by Crippen LogP contribution is -2.26. The lowest BCUT2D eigenvalue weighted by atomic mass is 10.1. The number of anilines is 2. The zero-order chi connectivity index (χ0) is 11.8. The zero-order valence-electron chi connectivity index (χ0n) is 8.64. The third-order valence-electron chi connectivity index (χ3n) is 2.61. The van der Waals surface area contributed by atoms with Gasteiger partial charge < -0.3 is 20.2 Å². The van der Waals surface area contributed by atoms with Crippen LogP contribution in [-0.4, -0.2) is 22.6 Å². The SMILES string of the molecule is O=C(O)c1occ2c1NCC(c1cscn1)N2. The van der Waals surface area contributed by atoms with E-state index in [2.05, 4.69) is 15.6 Å². The molecule has 17 heavy (non-hydrogen) atoms. The smallest absolute Gasteiger partial charge is 0.374 e. The van der Waals surface area contributed by atoms with Gasteiger partial charge in [0.1, 0.15) is 12.0 Å². The van der Waals surface area contributed by atoms with Gasteiger partial charge in [-0.15, -0.1) is 11.3 Å². The van der Waals surface area contributed by atoms with Crippen molar-refractivity contribution in [2.24, 2.45) is 0 Å². The summed E-state index contributed by atoms with van der Waals surface area (Å²) in [4.78, 5) is 15.1. The normalized spacial score (nSPS) is 18.0. The Bertz CT molecular complexity index is 549. The summed E-state index contributed by atoms with van der Waals surface area (Å²) in [6, 6.07) is 0.0352. The van der Waals surface area contributed by atoms with Crippen LogP contribution in [0, 0.1) is 0 Å². The average Bonchev–Trinajstić information content (AvgIpc) is 2.97. The molecule has 88 valence electrons. The standard InChI is InChI=1S/C10H9N3O3S/c14-10(15)9-8-6(2-16-9)13-5(1-11-8)7-3-17-4-12-7/h2-5,11,13H,1H2,(H,14,15). The minimum atomic E-state index is -1.08. The first-order chi connectivity index (χ1) is 8.25. The first-order valence-corrected chi connectivity index (χ1v) is 5.93. The predicted molar refractivity (Wildman–Crippen MR) is 62.6 cm³/mol. The van der Waals surface area contributed by atoms with Crippen molar-refractivity contribution in [3.8, 4) is 0 Å². The fourth-order valence-electron chi connectivity index (χ4n) is 1.81. The molecule has 0 saturated heterocycles. The Morgan fingerprint density at radius 1 is 1.65 bits per heavy atom. The molecule has 0 saturated carbocycles. The van der Waals surface area contributed by atoms with Crippen LogP contribution in [0.4, 0.5) is 11.4 Å². The van der Waals surface area contributed by atoms with Crippen LogP contribution in [0.25, 0.3) is 0 Å². The number of carboxylic acid groups (broad SMARTS) is 1. The van der Waals surface area contributed by atoms with Crippen LogP contribution in [0.15, 0.2) is 21.6 Å². The van der Waals surface area contributed by atoms with E-state index in [1.807, 2.05) is 5.38 Å². The Balaban J connectivity index is 1.89. The highest BCUT2D eigenvalue weighted by Gasteiger charge is 2.27. The van der Waals surface area contributed by atoms with Gasteiger partial charge in [0.15, 0.2) is 0 Å². The molecule has 0 aromatic carbocycles. The largest absolute Gasteiger partial charge is 0.475 e. The Labute approximate surface area is 100 Å². The summed E-state index contributed by atoms with van der Waals surface area (Å²) in [7, 11) is 0. The number of thiazole rings is 1. The third kappa shape index (κ3) is 1.64. The van der Waals surface area contributed by atoms with Crippen molar-refractivity contribution in [2.75, 3.05) is 17.2 Å². The molecule has 3 rings (SSSR count). The fraction of sp³-hybridized carbons (Fsp3) is 0.200. The van der Waals surface area contributed by atoms with E-state index in [1.165, 1.54) is 17.6 Å². The van der Waals surface area contributed by atoms with E-state index in [-0.39, 0.29) is 11.8 Å². The molecule has 2 aromatic heterocycles. The lowest BCUT2D eigenvalue weighted by Gasteiger charge is -2.24. The topological polar surface area (TPSA) is 87.4 Å². The predicted octanol–water partition coefficient (Wildman–Crippen LogP) is 2.01. The summed E-state index contributed by atoms with van der Waals surface area (Å²) in [6.45, 7) is 0.580. The third-order valence-corrected chi connectivity index (χ3v) is 3.21. The van der Waals surface area contributed by atoms with Gasteiger partial charge in [0, 0.05) is 11.9 Å². The Morgan fingerprint density at radius 3 is 3.24 bits per heavy atom. The second kappa shape index (κ2) is 3.77. The zero-order valence-corrected chi connectivity index (χ0v) is 9.45. The summed E-state index contributed by atoms with van der Waals surface area (Å²) in [5.41, 5.74) is 3.87. The number of aromatic nitrogens is 1. The first kappa shape index (κ1) is 10.2. The molecule has 3 N–H and O–H groups in total. The summed E-state index contributed by atoms with van der Waals surface area (Å²) >= 11 is 1.53. The summed E-state index contributed by atoms with van der Waals surface area (Å²) in [5.74, 6) is -1.14. The number of carboxylic acids is 1. The summed E-state index contributed by atoms with van der Waals surface area (Å²) in [6.07, 6.45) is 1.41. The van der Waals surface area contributed by atoms with Crippen molar-refractivity contribution in [1.82, 2.24) is 4.98 Å².